The van der Waals surface area contributed by atoms with Gasteiger partial charge in [-0.2, -0.15) is 4.98 Å². The number of carbonyl (C=O) groups excluding carboxylic acids is 2. The minimum absolute atomic E-state index is 0.0886. The topological polar surface area (TPSA) is 198 Å². The number of aryl methyl sites for hydroxylation is 2. The van der Waals surface area contributed by atoms with Crippen LogP contribution in [0.2, 0.25) is 0 Å². The van der Waals surface area contributed by atoms with Gasteiger partial charge in [-0.3, -0.25) is 24.5 Å². The van der Waals surface area contributed by atoms with Crippen LogP contribution in [0.15, 0.2) is 68.4 Å². The SMILES string of the molecule is CCc1ccc2c(P(C)(C)=O)c(Nc3nc(Nc4cc(CC)c(N5CCC(NCCNCCc6cc7oc(=O)n(C8CCC(=O)NC8=O)c7cc6F)CC5)cc4OC)ncc3Br)ccc2n1. The summed E-state index contributed by atoms with van der Waals surface area (Å²) in [6, 6.07) is 14.2. The number of rotatable bonds is 17. The number of halogens is 2. The van der Waals surface area contributed by atoms with Crippen molar-refractivity contribution in [2.75, 3.05) is 68.7 Å². The molecule has 2 amide bonds. The highest BCUT2D eigenvalue weighted by molar-refractivity contribution is 9.10. The van der Waals surface area contributed by atoms with E-state index in [0.717, 1.165) is 88.7 Å². The van der Waals surface area contributed by atoms with E-state index in [9.17, 15) is 18.9 Å². The lowest BCUT2D eigenvalue weighted by Crippen LogP contribution is -2.44. The first-order valence-electron chi connectivity index (χ1n) is 22.4. The van der Waals surface area contributed by atoms with Crippen LogP contribution in [0.5, 0.6) is 5.75 Å². The largest absolute Gasteiger partial charge is 0.494 e. The number of imide groups is 1. The Labute approximate surface area is 390 Å². The Morgan fingerprint density at radius 1 is 0.939 bits per heavy atom. The van der Waals surface area contributed by atoms with Gasteiger partial charge in [-0.1, -0.05) is 19.9 Å². The lowest BCUT2D eigenvalue weighted by molar-refractivity contribution is -0.135. The molecule has 0 bridgehead atoms. The van der Waals surface area contributed by atoms with Gasteiger partial charge < -0.3 is 39.9 Å². The van der Waals surface area contributed by atoms with Crippen molar-refractivity contribution >= 4 is 91.0 Å². The number of amides is 2. The zero-order valence-corrected chi connectivity index (χ0v) is 40.2. The van der Waals surface area contributed by atoms with Crippen molar-refractivity contribution in [3.63, 3.8) is 0 Å². The quantitative estimate of drug-likeness (QED) is 0.0353. The molecule has 0 spiro atoms. The molecule has 2 fully saturated rings. The third kappa shape index (κ3) is 10.2. The number of nitrogens with one attached hydrogen (secondary N) is 5. The number of carbonyl (C=O) groups is 2. The van der Waals surface area contributed by atoms with Gasteiger partial charge in [0.1, 0.15) is 30.6 Å². The molecular formula is C47H55BrFN10O6P. The van der Waals surface area contributed by atoms with Gasteiger partial charge in [0, 0.05) is 79.0 Å². The molecule has 0 saturated carbocycles. The Morgan fingerprint density at radius 3 is 2.47 bits per heavy atom. The van der Waals surface area contributed by atoms with Crippen molar-refractivity contribution in [1.29, 1.82) is 0 Å². The summed E-state index contributed by atoms with van der Waals surface area (Å²) in [5.41, 5.74) is 6.30. The van der Waals surface area contributed by atoms with Crippen LogP contribution in [-0.4, -0.2) is 90.5 Å². The number of nitrogens with zero attached hydrogens (tertiary/aromatic N) is 5. The number of ether oxygens (including phenoxy) is 1. The van der Waals surface area contributed by atoms with Gasteiger partial charge >= 0.3 is 5.76 Å². The maximum absolute atomic E-state index is 15.2. The van der Waals surface area contributed by atoms with Gasteiger partial charge in [0.15, 0.2) is 5.58 Å². The van der Waals surface area contributed by atoms with E-state index < -0.39 is 36.6 Å². The Morgan fingerprint density at radius 2 is 1.74 bits per heavy atom. The molecule has 3 aromatic heterocycles. The van der Waals surface area contributed by atoms with Crippen LogP contribution in [-0.2, 0) is 33.4 Å². The number of aromatic nitrogens is 4. The van der Waals surface area contributed by atoms with E-state index in [1.54, 1.807) is 26.6 Å². The molecule has 2 aliphatic heterocycles. The molecule has 2 aliphatic rings. The number of anilines is 5. The molecule has 0 aliphatic carbocycles. The Balaban J connectivity index is 0.846. The third-order valence-electron chi connectivity index (χ3n) is 12.3. The molecule has 5 heterocycles. The van der Waals surface area contributed by atoms with E-state index >= 15 is 4.39 Å². The highest BCUT2D eigenvalue weighted by atomic mass is 79.9. The van der Waals surface area contributed by atoms with Crippen molar-refractivity contribution < 1.29 is 27.7 Å². The van der Waals surface area contributed by atoms with Crippen LogP contribution >= 0.6 is 23.1 Å². The molecule has 1 unspecified atom stereocenters. The molecule has 8 rings (SSSR count). The lowest BCUT2D eigenvalue weighted by atomic mass is 10.0. The van der Waals surface area contributed by atoms with Gasteiger partial charge in [-0.15, -0.1) is 0 Å². The molecule has 3 aromatic carbocycles. The zero-order chi connectivity index (χ0) is 46.7. The lowest BCUT2D eigenvalue weighted by Gasteiger charge is -2.35. The van der Waals surface area contributed by atoms with Gasteiger partial charge in [-0.05, 0) is 116 Å². The maximum Gasteiger partial charge on any atom is 0.420 e. The van der Waals surface area contributed by atoms with Crippen LogP contribution in [0.25, 0.3) is 22.0 Å². The van der Waals surface area contributed by atoms with E-state index in [-0.39, 0.29) is 23.9 Å². The normalized spacial score (nSPS) is 16.0. The molecule has 19 heteroatoms. The number of benzene rings is 3. The summed E-state index contributed by atoms with van der Waals surface area (Å²) in [6.07, 6.45) is 5.84. The summed E-state index contributed by atoms with van der Waals surface area (Å²) in [5, 5.41) is 17.7. The fourth-order valence-electron chi connectivity index (χ4n) is 8.88. The standard InChI is InChI=1S/C47H55BrFN10O6P/c1-6-27-22-36(55-46-52-26-32(48)44(57-46)54-35-11-10-34-31(43(35)66(4,5)63)9-8-29(7-2)53-34)40(64-3)25-38(27)58-20-15-30(16-21-58)51-19-18-50-17-14-28-23-41-39(24-33(28)49)59(47(62)65-41)37-12-13-42(60)56-45(37)61/h8-11,22-26,30,37,50-51H,6-7,12-21H2,1-5H3,(H,56,60,61)(H2,52,54,55,57). The smallest absolute Gasteiger partial charge is 0.420 e. The second-order valence-corrected chi connectivity index (χ2v) is 21.0. The van der Waals surface area contributed by atoms with Crippen LogP contribution in [0, 0.1) is 5.82 Å². The molecule has 348 valence electrons. The van der Waals surface area contributed by atoms with Gasteiger partial charge in [-0.25, -0.2) is 14.2 Å². The molecule has 5 N–H and O–H groups in total. The molecule has 16 nitrogen and oxygen atoms in total. The van der Waals surface area contributed by atoms with Crippen LogP contribution in [0.1, 0.15) is 62.4 Å². The second-order valence-electron chi connectivity index (χ2n) is 17.0. The van der Waals surface area contributed by atoms with Crippen molar-refractivity contribution in [3.8, 4) is 5.75 Å². The fourth-order valence-corrected chi connectivity index (χ4v) is 10.6. The number of hydrogen-bond acceptors (Lipinski definition) is 14. The van der Waals surface area contributed by atoms with Gasteiger partial charge in [0.2, 0.25) is 17.8 Å². The predicted molar refractivity (Wildman–Crippen MR) is 261 cm³/mol. The highest BCUT2D eigenvalue weighted by Gasteiger charge is 2.32. The number of methoxy groups -OCH3 is 1. The Hall–Kier alpha value is -5.68. The molecule has 0 radical (unpaired) electrons. The summed E-state index contributed by atoms with van der Waals surface area (Å²) >= 11 is 3.61. The fraction of sp³-hybridized carbons (Fsp3) is 0.404. The number of oxazole rings is 1. The van der Waals surface area contributed by atoms with E-state index in [1.165, 1.54) is 12.1 Å². The molecule has 2 saturated heterocycles. The molecule has 1 atom stereocenters. The van der Waals surface area contributed by atoms with E-state index in [1.807, 2.05) is 24.3 Å². The van der Waals surface area contributed by atoms with E-state index in [4.69, 9.17) is 19.1 Å². The van der Waals surface area contributed by atoms with Crippen molar-refractivity contribution in [2.24, 2.45) is 0 Å². The molecular weight excluding hydrogens is 930 g/mol. The van der Waals surface area contributed by atoms with Crippen LogP contribution in [0.3, 0.4) is 0 Å². The summed E-state index contributed by atoms with van der Waals surface area (Å²) in [5.74, 6) is -0.705. The summed E-state index contributed by atoms with van der Waals surface area (Å²) in [4.78, 5) is 53.2. The average molecular weight is 986 g/mol. The minimum atomic E-state index is -2.75. The second kappa shape index (κ2) is 20.0. The Bertz CT molecular complexity index is 2910. The van der Waals surface area contributed by atoms with Gasteiger partial charge in [0.25, 0.3) is 0 Å². The maximum atomic E-state index is 15.2. The van der Waals surface area contributed by atoms with Crippen molar-refractivity contribution in [3.05, 3.63) is 92.4 Å². The predicted octanol–water partition coefficient (Wildman–Crippen LogP) is 7.07. The summed E-state index contributed by atoms with van der Waals surface area (Å²) in [7, 11) is -1.10. The first kappa shape index (κ1) is 46.8. The van der Waals surface area contributed by atoms with Crippen molar-refractivity contribution in [2.45, 2.75) is 70.9 Å². The minimum Gasteiger partial charge on any atom is -0.494 e. The first-order chi connectivity index (χ1) is 31.7. The average Bonchev–Trinajstić information content (AvgIpc) is 3.61. The number of hydrogen-bond donors (Lipinski definition) is 5. The summed E-state index contributed by atoms with van der Waals surface area (Å²) < 4.78 is 42.0. The molecule has 66 heavy (non-hydrogen) atoms. The van der Waals surface area contributed by atoms with Crippen LogP contribution < -0.4 is 47.3 Å². The number of pyridine rings is 1. The summed E-state index contributed by atoms with van der Waals surface area (Å²) in [6.45, 7) is 11.4. The number of piperidine rings is 2. The zero-order valence-electron chi connectivity index (χ0n) is 37.7. The van der Waals surface area contributed by atoms with Crippen molar-refractivity contribution in [1.82, 2.24) is 35.5 Å². The number of fused-ring (bicyclic) bond motifs is 2. The van der Waals surface area contributed by atoms with E-state index in [2.05, 4.69) is 78.4 Å². The van der Waals surface area contributed by atoms with E-state index in [0.29, 0.717) is 58.8 Å². The monoisotopic (exact) mass is 984 g/mol. The highest BCUT2D eigenvalue weighted by Crippen LogP contribution is 2.42. The van der Waals surface area contributed by atoms with Crippen LogP contribution in [0.4, 0.5) is 33.2 Å². The first-order valence-corrected chi connectivity index (χ1v) is 25.8. The third-order valence-corrected chi connectivity index (χ3v) is 14.4. The molecule has 6 aromatic rings. The Kier molecular flexibility index (Phi) is 14.2. The van der Waals surface area contributed by atoms with Gasteiger partial charge in [0.05, 0.1) is 34.0 Å².